The van der Waals surface area contributed by atoms with Crippen LogP contribution in [0.25, 0.3) is 0 Å². The number of para-hydroxylation sites is 1. The molecule has 0 spiro atoms. The number of benzene rings is 2. The number of rotatable bonds is 3. The van der Waals surface area contributed by atoms with Gasteiger partial charge in [0.2, 0.25) is 11.8 Å². The van der Waals surface area contributed by atoms with Crippen LogP contribution in [0.15, 0.2) is 62.9 Å². The van der Waals surface area contributed by atoms with Crippen molar-refractivity contribution in [3.63, 3.8) is 0 Å². The summed E-state index contributed by atoms with van der Waals surface area (Å²) in [6.07, 6.45) is 1.36. The number of thiocarbonyl (C=S) groups is 1. The summed E-state index contributed by atoms with van der Waals surface area (Å²) < 4.78 is 1.01. The van der Waals surface area contributed by atoms with Crippen molar-refractivity contribution < 1.29 is 14.4 Å². The highest BCUT2D eigenvalue weighted by Crippen LogP contribution is 2.31. The zero-order valence-electron chi connectivity index (χ0n) is 17.0. The van der Waals surface area contributed by atoms with Crippen molar-refractivity contribution in [2.24, 2.45) is 10.9 Å². The monoisotopic (exact) mass is 528 g/mol. The first kappa shape index (κ1) is 22.4. The molecule has 0 radical (unpaired) electrons. The standard InChI is InChI=1S/C22H17BrN4O3S2/c1-11-8-13(9-12(2)17(11)23)24-21-25-19(29)16(32-21)10-15-18(28)26-22(31)27(20(15)30)14-6-4-3-5-7-14/h3-10,15H,1-2H3,(H,24,25,29)(H,26,28,31)/b16-10-/t15-/m0/s1. The minimum absolute atomic E-state index is 0.00704. The fourth-order valence-electron chi connectivity index (χ4n) is 3.31. The summed E-state index contributed by atoms with van der Waals surface area (Å²) >= 11 is 9.79. The normalized spacial score (nSPS) is 21.3. The van der Waals surface area contributed by atoms with Crippen molar-refractivity contribution in [1.29, 1.82) is 0 Å². The van der Waals surface area contributed by atoms with E-state index in [9.17, 15) is 14.4 Å². The zero-order chi connectivity index (χ0) is 23.0. The van der Waals surface area contributed by atoms with E-state index >= 15 is 0 Å². The van der Waals surface area contributed by atoms with Gasteiger partial charge in [-0.1, -0.05) is 34.1 Å². The molecule has 7 nitrogen and oxygen atoms in total. The van der Waals surface area contributed by atoms with E-state index < -0.39 is 23.6 Å². The zero-order valence-corrected chi connectivity index (χ0v) is 20.2. The molecule has 4 rings (SSSR count). The number of halogens is 1. The van der Waals surface area contributed by atoms with Gasteiger partial charge in [-0.15, -0.1) is 0 Å². The van der Waals surface area contributed by atoms with Crippen molar-refractivity contribution in [2.75, 3.05) is 4.90 Å². The van der Waals surface area contributed by atoms with E-state index in [0.717, 1.165) is 27.4 Å². The molecule has 2 aromatic carbocycles. The molecule has 3 amide bonds. The lowest BCUT2D eigenvalue weighted by molar-refractivity contribution is -0.131. The Balaban J connectivity index is 1.60. The lowest BCUT2D eigenvalue weighted by Crippen LogP contribution is -2.57. The predicted octanol–water partition coefficient (Wildman–Crippen LogP) is 3.86. The summed E-state index contributed by atoms with van der Waals surface area (Å²) in [5, 5.41) is 5.62. The van der Waals surface area contributed by atoms with Gasteiger partial charge in [-0.3, -0.25) is 19.3 Å². The van der Waals surface area contributed by atoms with Gasteiger partial charge in [-0.2, -0.15) is 0 Å². The maximum atomic E-state index is 13.1. The van der Waals surface area contributed by atoms with Crippen LogP contribution < -0.4 is 15.5 Å². The maximum absolute atomic E-state index is 13.1. The molecule has 0 saturated carbocycles. The van der Waals surface area contributed by atoms with Gasteiger partial charge >= 0.3 is 0 Å². The second-order valence-corrected chi connectivity index (χ2v) is 9.39. The van der Waals surface area contributed by atoms with Gasteiger partial charge in [0.05, 0.1) is 16.3 Å². The van der Waals surface area contributed by atoms with Gasteiger partial charge in [0.1, 0.15) is 5.92 Å². The Morgan fingerprint density at radius 2 is 1.75 bits per heavy atom. The molecule has 2 aliphatic heterocycles. The van der Waals surface area contributed by atoms with E-state index in [1.807, 2.05) is 32.0 Å². The largest absolute Gasteiger partial charge is 0.301 e. The highest BCUT2D eigenvalue weighted by atomic mass is 79.9. The smallest absolute Gasteiger partial charge is 0.263 e. The molecule has 32 heavy (non-hydrogen) atoms. The highest BCUT2D eigenvalue weighted by Gasteiger charge is 2.39. The molecule has 0 bridgehead atoms. The van der Waals surface area contributed by atoms with Gasteiger partial charge in [0, 0.05) is 4.47 Å². The number of nitrogens with zero attached hydrogens (tertiary/aromatic N) is 2. The Labute approximate surface area is 202 Å². The molecule has 10 heteroatoms. The van der Waals surface area contributed by atoms with Gasteiger partial charge in [-0.25, -0.2) is 4.99 Å². The maximum Gasteiger partial charge on any atom is 0.263 e. The number of thioether (sulfide) groups is 1. The average Bonchev–Trinajstić information content (AvgIpc) is 3.08. The fraction of sp³-hybridized carbons (Fsp3) is 0.136. The molecular formula is C22H17BrN4O3S2. The lowest BCUT2D eigenvalue weighted by Gasteiger charge is -2.31. The number of nitrogens with one attached hydrogen (secondary N) is 2. The van der Waals surface area contributed by atoms with Crippen LogP contribution in [-0.2, 0) is 14.4 Å². The van der Waals surface area contributed by atoms with Crippen molar-refractivity contribution in [3.05, 3.63) is 69.0 Å². The molecule has 162 valence electrons. The van der Waals surface area contributed by atoms with Crippen LogP contribution in [0.3, 0.4) is 0 Å². The minimum Gasteiger partial charge on any atom is -0.301 e. The van der Waals surface area contributed by atoms with Gasteiger partial charge < -0.3 is 10.6 Å². The number of aliphatic imine (C=N–C) groups is 1. The van der Waals surface area contributed by atoms with Gasteiger partial charge in [-0.05, 0) is 79.3 Å². The fourth-order valence-corrected chi connectivity index (χ4v) is 4.69. The van der Waals surface area contributed by atoms with Crippen LogP contribution in [0, 0.1) is 19.8 Å². The van der Waals surface area contributed by atoms with E-state index in [1.165, 1.54) is 11.0 Å². The SMILES string of the molecule is Cc1cc(N=C2NC(=O)/C(=C/[C@H]3C(=O)NC(=S)N(c4ccccc4)C3=O)S2)cc(C)c1Br. The minimum atomic E-state index is -1.19. The first-order valence-electron chi connectivity index (χ1n) is 9.55. The number of hydrogen-bond donors (Lipinski definition) is 2. The topological polar surface area (TPSA) is 90.9 Å². The molecule has 2 aromatic rings. The average molecular weight is 529 g/mol. The second kappa shape index (κ2) is 8.97. The molecule has 2 aliphatic rings. The quantitative estimate of drug-likeness (QED) is 0.358. The molecule has 2 N–H and O–H groups in total. The third-order valence-electron chi connectivity index (χ3n) is 4.84. The number of hydrogen-bond acceptors (Lipinski definition) is 6. The number of carbonyl (C=O) groups is 3. The molecule has 1 atom stereocenters. The molecule has 2 fully saturated rings. The molecule has 0 aliphatic carbocycles. The number of carbonyl (C=O) groups excluding carboxylic acids is 3. The molecule has 0 aromatic heterocycles. The summed E-state index contributed by atoms with van der Waals surface area (Å²) in [6, 6.07) is 12.6. The van der Waals surface area contributed by atoms with Crippen molar-refractivity contribution in [3.8, 4) is 0 Å². The Bertz CT molecular complexity index is 1200. The van der Waals surface area contributed by atoms with Gasteiger partial charge in [0.15, 0.2) is 10.3 Å². The van der Waals surface area contributed by atoms with E-state index in [1.54, 1.807) is 24.3 Å². The van der Waals surface area contributed by atoms with Crippen molar-refractivity contribution in [1.82, 2.24) is 10.6 Å². The lowest BCUT2D eigenvalue weighted by atomic mass is 10.0. The first-order chi connectivity index (χ1) is 15.2. The van der Waals surface area contributed by atoms with E-state index in [0.29, 0.717) is 16.5 Å². The second-order valence-electron chi connectivity index (χ2n) is 7.18. The summed E-state index contributed by atoms with van der Waals surface area (Å²) in [7, 11) is 0. The van der Waals surface area contributed by atoms with E-state index in [4.69, 9.17) is 12.2 Å². The Kier molecular flexibility index (Phi) is 6.27. The summed E-state index contributed by atoms with van der Waals surface area (Å²) in [6.45, 7) is 3.92. The Hall–Kier alpha value is -2.82. The van der Waals surface area contributed by atoms with Crippen LogP contribution in [-0.4, -0.2) is 28.0 Å². The predicted molar refractivity (Wildman–Crippen MR) is 133 cm³/mol. The Morgan fingerprint density at radius 3 is 2.41 bits per heavy atom. The van der Waals surface area contributed by atoms with E-state index in [-0.39, 0.29) is 10.0 Å². The number of aryl methyl sites for hydroxylation is 2. The highest BCUT2D eigenvalue weighted by molar-refractivity contribution is 9.10. The Morgan fingerprint density at radius 1 is 1.09 bits per heavy atom. The third kappa shape index (κ3) is 4.38. The van der Waals surface area contributed by atoms with Crippen LogP contribution in [0.5, 0.6) is 0 Å². The van der Waals surface area contributed by atoms with Crippen LogP contribution >= 0.6 is 39.9 Å². The van der Waals surface area contributed by atoms with Gasteiger partial charge in [0.25, 0.3) is 5.91 Å². The number of anilines is 1. The summed E-state index contributed by atoms with van der Waals surface area (Å²) in [5.41, 5.74) is 3.28. The van der Waals surface area contributed by atoms with Crippen LogP contribution in [0.1, 0.15) is 11.1 Å². The third-order valence-corrected chi connectivity index (χ3v) is 7.30. The molecule has 2 heterocycles. The number of amidine groups is 1. The number of amides is 3. The molecular weight excluding hydrogens is 512 g/mol. The summed E-state index contributed by atoms with van der Waals surface area (Å²) in [4.78, 5) is 44.1. The van der Waals surface area contributed by atoms with E-state index in [2.05, 4.69) is 31.6 Å². The molecule has 0 unspecified atom stereocenters. The van der Waals surface area contributed by atoms with Crippen LogP contribution in [0.4, 0.5) is 11.4 Å². The molecule has 2 saturated heterocycles. The first-order valence-corrected chi connectivity index (χ1v) is 11.6. The summed E-state index contributed by atoms with van der Waals surface area (Å²) in [5.74, 6) is -2.70. The van der Waals surface area contributed by atoms with Crippen molar-refractivity contribution in [2.45, 2.75) is 13.8 Å². The van der Waals surface area contributed by atoms with Crippen LogP contribution in [0.2, 0.25) is 0 Å². The van der Waals surface area contributed by atoms with Crippen molar-refractivity contribution >= 4 is 79.3 Å².